The summed E-state index contributed by atoms with van der Waals surface area (Å²) in [7, 11) is -1.67. The number of carbonyl (C=O) groups excluding carboxylic acids is 6. The molecular formula is C53H80BN9O14. The number of anilines is 1. The van der Waals surface area contributed by atoms with Crippen LogP contribution in [0.5, 0.6) is 0 Å². The lowest BCUT2D eigenvalue weighted by Crippen LogP contribution is -2.52. The molecule has 0 aliphatic carbocycles. The maximum Gasteiger partial charge on any atom is 0.475 e. The largest absolute Gasteiger partial charge is 0.480 e. The van der Waals surface area contributed by atoms with E-state index < -0.39 is 54.7 Å². The third-order valence-electron chi connectivity index (χ3n) is 13.8. The molecule has 2 aromatic rings. The Hall–Kier alpha value is -6.31. The summed E-state index contributed by atoms with van der Waals surface area (Å²) in [5.74, 6) is -6.41. The highest BCUT2D eigenvalue weighted by molar-refractivity contribution is 6.43. The fraction of sp³-hybridized carbons (Fsp3) is 0.604. The van der Waals surface area contributed by atoms with E-state index in [-0.39, 0.29) is 133 Å². The van der Waals surface area contributed by atoms with Crippen LogP contribution in [-0.2, 0) is 44.8 Å². The summed E-state index contributed by atoms with van der Waals surface area (Å²) >= 11 is 0. The van der Waals surface area contributed by atoms with Gasteiger partial charge in [0, 0.05) is 108 Å². The molecule has 23 nitrogen and oxygen atoms in total. The van der Waals surface area contributed by atoms with Gasteiger partial charge in [0.25, 0.3) is 5.91 Å². The zero-order valence-electron chi connectivity index (χ0n) is 44.7. The maximum atomic E-state index is 13.9. The van der Waals surface area contributed by atoms with Crippen molar-refractivity contribution < 1.29 is 68.5 Å². The van der Waals surface area contributed by atoms with E-state index in [0.29, 0.717) is 70.1 Å². The zero-order valence-corrected chi connectivity index (χ0v) is 44.7. The minimum Gasteiger partial charge on any atom is -0.480 e. The van der Waals surface area contributed by atoms with Crippen LogP contribution in [0.3, 0.4) is 0 Å². The van der Waals surface area contributed by atoms with Gasteiger partial charge in [-0.25, -0.2) is 0 Å². The molecule has 0 bridgehead atoms. The van der Waals surface area contributed by atoms with Crippen LogP contribution in [-0.4, -0.2) is 227 Å². The Morgan fingerprint density at radius 3 is 1.73 bits per heavy atom. The van der Waals surface area contributed by atoms with E-state index in [1.807, 2.05) is 24.0 Å². The number of nitrogens with one attached hydrogen (secondary N) is 4. The van der Waals surface area contributed by atoms with Crippen LogP contribution in [0, 0.1) is 12.8 Å². The summed E-state index contributed by atoms with van der Waals surface area (Å²) < 4.78 is 0. The maximum absolute atomic E-state index is 13.9. The molecule has 424 valence electrons. The number of unbranched alkanes of at least 4 members (excludes halogenated alkanes) is 1. The molecule has 4 amide bonds. The summed E-state index contributed by atoms with van der Waals surface area (Å²) in [6.07, 6.45) is 4.67. The number of likely N-dealkylation sites (tertiary alicyclic amines) is 1. The number of carboxylic acids is 3. The highest BCUT2D eigenvalue weighted by Gasteiger charge is 2.38. The number of rotatable bonds is 31. The molecule has 2 saturated heterocycles. The van der Waals surface area contributed by atoms with Crippen LogP contribution in [0.2, 0.25) is 0 Å². The van der Waals surface area contributed by atoms with Crippen molar-refractivity contribution in [2.45, 2.75) is 96.5 Å². The number of carbonyl (C=O) groups is 9. The molecule has 3 atom stereocenters. The third kappa shape index (κ3) is 24.7. The molecule has 1 unspecified atom stereocenters. The number of Topliss-reactive ketones (excluding diaryl/α,β-unsaturated/α-hetero) is 2. The van der Waals surface area contributed by atoms with E-state index in [9.17, 15) is 68.5 Å². The van der Waals surface area contributed by atoms with Crippen LogP contribution in [0.4, 0.5) is 5.69 Å². The smallest absolute Gasteiger partial charge is 0.475 e. The van der Waals surface area contributed by atoms with Gasteiger partial charge in [-0.15, -0.1) is 0 Å². The Morgan fingerprint density at radius 2 is 1.18 bits per heavy atom. The first kappa shape index (κ1) is 63.2. The fourth-order valence-electron chi connectivity index (χ4n) is 9.38. The SMILES string of the molecule is Cc1ccc(CCCC(=O)NCCCCC(CC(=O)CN2CCN(CC(=O)O)CCN(CC(=O)O)CCN(CC(=O)O)CC2)C(=O)NCCCC(=O)CNc2ccc(C(=O)N[C@H](C)C(=O)N3CCC[C@H]3B(O)O)cc2)cc1. The summed E-state index contributed by atoms with van der Waals surface area (Å²) in [5, 5.41) is 59.5. The van der Waals surface area contributed by atoms with Gasteiger partial charge in [0.2, 0.25) is 17.7 Å². The lowest BCUT2D eigenvalue weighted by molar-refractivity contribution is -0.140. The summed E-state index contributed by atoms with van der Waals surface area (Å²) in [6.45, 7) is 5.27. The van der Waals surface area contributed by atoms with Gasteiger partial charge in [0.05, 0.1) is 38.7 Å². The van der Waals surface area contributed by atoms with Crippen LogP contribution in [0.15, 0.2) is 48.5 Å². The number of benzene rings is 2. The van der Waals surface area contributed by atoms with Crippen molar-refractivity contribution in [1.82, 2.24) is 40.4 Å². The Bertz CT molecular complexity index is 2220. The van der Waals surface area contributed by atoms with Crippen LogP contribution in [0.25, 0.3) is 0 Å². The molecule has 2 fully saturated rings. The monoisotopic (exact) mass is 1080 g/mol. The minimum absolute atomic E-state index is 0.0268. The Kier molecular flexibility index (Phi) is 27.7. The first-order valence-electron chi connectivity index (χ1n) is 26.8. The van der Waals surface area contributed by atoms with Crippen molar-refractivity contribution in [1.29, 1.82) is 0 Å². The van der Waals surface area contributed by atoms with Gasteiger partial charge in [0.15, 0.2) is 5.78 Å². The summed E-state index contributed by atoms with van der Waals surface area (Å²) in [5.41, 5.74) is 3.18. The van der Waals surface area contributed by atoms with Crippen molar-refractivity contribution in [3.8, 4) is 0 Å². The predicted octanol–water partition coefficient (Wildman–Crippen LogP) is 0.354. The van der Waals surface area contributed by atoms with Crippen molar-refractivity contribution in [2.75, 3.05) is 110 Å². The topological polar surface area (TPSA) is 319 Å². The molecule has 0 aromatic heterocycles. The van der Waals surface area contributed by atoms with Gasteiger partial charge >= 0.3 is 25.0 Å². The summed E-state index contributed by atoms with van der Waals surface area (Å²) in [4.78, 5) is 122. The van der Waals surface area contributed by atoms with Gasteiger partial charge < -0.3 is 51.5 Å². The number of hydrogen-bond donors (Lipinski definition) is 9. The molecule has 0 saturated carbocycles. The fourth-order valence-corrected chi connectivity index (χ4v) is 9.38. The van der Waals surface area contributed by atoms with Crippen LogP contribution >= 0.6 is 0 Å². The number of aryl methyl sites for hydroxylation is 2. The lowest BCUT2D eigenvalue weighted by atomic mass is 9.78. The molecule has 0 radical (unpaired) electrons. The van der Waals surface area contributed by atoms with Crippen molar-refractivity contribution in [3.05, 3.63) is 65.2 Å². The van der Waals surface area contributed by atoms with E-state index in [0.717, 1.165) is 12.0 Å². The second kappa shape index (κ2) is 33.8. The molecule has 0 spiro atoms. The van der Waals surface area contributed by atoms with Crippen molar-refractivity contribution in [2.24, 2.45) is 5.92 Å². The van der Waals surface area contributed by atoms with E-state index in [1.165, 1.54) is 17.4 Å². The molecule has 2 aromatic carbocycles. The zero-order chi connectivity index (χ0) is 56.3. The number of aliphatic carboxylic acids is 3. The lowest BCUT2D eigenvalue weighted by Gasteiger charge is -2.33. The van der Waals surface area contributed by atoms with E-state index in [4.69, 9.17) is 0 Å². The highest BCUT2D eigenvalue weighted by atomic mass is 16.4. The van der Waals surface area contributed by atoms with Gasteiger partial charge in [-0.2, -0.15) is 0 Å². The second-order valence-corrected chi connectivity index (χ2v) is 20.1. The molecule has 2 aliphatic heterocycles. The first-order valence-corrected chi connectivity index (χ1v) is 26.8. The van der Waals surface area contributed by atoms with E-state index in [2.05, 4.69) is 33.4 Å². The number of nitrogens with zero attached hydrogens (tertiary/aromatic N) is 5. The quantitative estimate of drug-likeness (QED) is 0.0364. The Balaban J connectivity index is 1.30. The van der Waals surface area contributed by atoms with Gasteiger partial charge in [-0.3, -0.25) is 62.8 Å². The third-order valence-corrected chi connectivity index (χ3v) is 13.8. The average Bonchev–Trinajstić information content (AvgIpc) is 3.88. The summed E-state index contributed by atoms with van der Waals surface area (Å²) in [6, 6.07) is 13.6. The van der Waals surface area contributed by atoms with Gasteiger partial charge in [-0.1, -0.05) is 36.2 Å². The predicted molar refractivity (Wildman–Crippen MR) is 287 cm³/mol. The van der Waals surface area contributed by atoms with Gasteiger partial charge in [-0.05, 0) is 88.6 Å². The molecule has 24 heteroatoms. The average molecular weight is 1080 g/mol. The standard InChI is InChI=1S/C53H80BN9O14/c1-38-13-15-40(16-14-38)8-5-12-47(66)55-21-4-3-9-42(32-45(65)34-59-24-26-60(35-48(67)68)28-30-62(37-50(71)72)31-29-61(27-25-59)36-49(69)70)51(73)56-22-6-10-44(64)33-57-43-19-17-41(18-20-43)52(74)58-39(2)53(75)63-23-7-11-46(63)54(76)77/h13-20,39,42,46,57,76-77H,3-12,21-37H2,1-2H3,(H,55,66)(H,56,73)(H,58,74)(H,67,68)(H,69,70)(H,71,72)/t39-,42?,46+/m1/s1. The number of ketones is 2. The normalized spacial score (nSPS) is 17.0. The van der Waals surface area contributed by atoms with Crippen molar-refractivity contribution in [3.63, 3.8) is 0 Å². The number of carboxylic acid groups (broad SMARTS) is 3. The number of hydrogen-bond acceptors (Lipinski definition) is 16. The molecule has 9 N–H and O–H groups in total. The van der Waals surface area contributed by atoms with Gasteiger partial charge in [0.1, 0.15) is 11.8 Å². The van der Waals surface area contributed by atoms with Crippen LogP contribution in [0.1, 0.15) is 92.6 Å². The van der Waals surface area contributed by atoms with E-state index in [1.54, 1.807) is 39.0 Å². The minimum atomic E-state index is -1.67. The second-order valence-electron chi connectivity index (χ2n) is 20.1. The Labute approximate surface area is 451 Å². The molecule has 4 rings (SSSR count). The van der Waals surface area contributed by atoms with Crippen LogP contribution < -0.4 is 21.3 Å². The molecule has 2 heterocycles. The van der Waals surface area contributed by atoms with E-state index >= 15 is 0 Å². The number of amides is 4. The first-order chi connectivity index (χ1) is 36.8. The molecule has 77 heavy (non-hydrogen) atoms. The Morgan fingerprint density at radius 1 is 0.636 bits per heavy atom. The molecular weight excluding hydrogens is 997 g/mol. The van der Waals surface area contributed by atoms with Crippen molar-refractivity contribution >= 4 is 65.9 Å². The highest BCUT2D eigenvalue weighted by Crippen LogP contribution is 2.20. The molecule has 2 aliphatic rings.